The van der Waals surface area contributed by atoms with Crippen molar-refractivity contribution in [3.8, 4) is 0 Å². The van der Waals surface area contributed by atoms with Crippen LogP contribution in [0.15, 0.2) is 18.2 Å². The summed E-state index contributed by atoms with van der Waals surface area (Å²) in [5, 5.41) is 0.124. The van der Waals surface area contributed by atoms with E-state index in [1.807, 2.05) is 0 Å². The molecule has 17 heavy (non-hydrogen) atoms. The zero-order valence-corrected chi connectivity index (χ0v) is 11.5. The Bertz CT molecular complexity index is 369. The van der Waals surface area contributed by atoms with Gasteiger partial charge in [-0.2, -0.15) is 0 Å². The molecule has 0 saturated carbocycles. The van der Waals surface area contributed by atoms with Gasteiger partial charge in [0.15, 0.2) is 0 Å². The van der Waals surface area contributed by atoms with E-state index >= 15 is 0 Å². The van der Waals surface area contributed by atoms with Gasteiger partial charge in [0.1, 0.15) is 0 Å². The standard InChI is InChI=1S/C15H21ClO/c1-11-5-6-12(2)14(10-11)15(16)8-7-13-4-3-9-17-13/h5-6,10,13,15H,3-4,7-9H2,1-2H3. The molecule has 1 aliphatic rings. The maximum Gasteiger partial charge on any atom is 0.0588 e. The van der Waals surface area contributed by atoms with Crippen LogP contribution in [0.1, 0.15) is 47.8 Å². The molecule has 0 amide bonds. The molecule has 1 fully saturated rings. The van der Waals surface area contributed by atoms with Gasteiger partial charge in [0.25, 0.3) is 0 Å². The molecular weight excluding hydrogens is 232 g/mol. The molecular formula is C15H21ClO. The lowest BCUT2D eigenvalue weighted by Crippen LogP contribution is -2.06. The SMILES string of the molecule is Cc1ccc(C)c(C(Cl)CCC2CCCO2)c1. The third kappa shape index (κ3) is 3.46. The molecule has 0 bridgehead atoms. The second kappa shape index (κ2) is 5.88. The van der Waals surface area contributed by atoms with E-state index in [-0.39, 0.29) is 5.38 Å². The summed E-state index contributed by atoms with van der Waals surface area (Å²) in [6.45, 7) is 5.18. The van der Waals surface area contributed by atoms with Crippen molar-refractivity contribution in [3.05, 3.63) is 34.9 Å². The molecule has 1 aromatic rings. The number of hydrogen-bond donors (Lipinski definition) is 0. The Labute approximate surface area is 109 Å². The summed E-state index contributed by atoms with van der Waals surface area (Å²) in [5.41, 5.74) is 3.86. The molecule has 0 aliphatic carbocycles. The van der Waals surface area contributed by atoms with Gasteiger partial charge >= 0.3 is 0 Å². The number of benzene rings is 1. The van der Waals surface area contributed by atoms with Crippen molar-refractivity contribution in [1.29, 1.82) is 0 Å². The van der Waals surface area contributed by atoms with E-state index in [9.17, 15) is 0 Å². The van der Waals surface area contributed by atoms with Crippen molar-refractivity contribution in [2.24, 2.45) is 0 Å². The first-order valence-corrected chi connectivity index (χ1v) is 6.93. The number of halogens is 1. The monoisotopic (exact) mass is 252 g/mol. The minimum Gasteiger partial charge on any atom is -0.378 e. The second-order valence-electron chi connectivity index (χ2n) is 5.04. The van der Waals surface area contributed by atoms with Gasteiger partial charge in [0.2, 0.25) is 0 Å². The molecule has 2 unspecified atom stereocenters. The highest BCUT2D eigenvalue weighted by Gasteiger charge is 2.18. The van der Waals surface area contributed by atoms with Gasteiger partial charge in [0.05, 0.1) is 11.5 Å². The Hall–Kier alpha value is -0.530. The van der Waals surface area contributed by atoms with Crippen LogP contribution in [0.5, 0.6) is 0 Å². The number of rotatable bonds is 4. The third-order valence-corrected chi connectivity index (χ3v) is 3.99. The van der Waals surface area contributed by atoms with E-state index in [0.717, 1.165) is 19.4 Å². The maximum absolute atomic E-state index is 6.51. The van der Waals surface area contributed by atoms with E-state index in [1.165, 1.54) is 29.5 Å². The first-order valence-electron chi connectivity index (χ1n) is 6.49. The van der Waals surface area contributed by atoms with Gasteiger partial charge in [-0.05, 0) is 50.7 Å². The Kier molecular flexibility index (Phi) is 4.47. The van der Waals surface area contributed by atoms with Gasteiger partial charge in [-0.25, -0.2) is 0 Å². The first-order chi connectivity index (χ1) is 8.16. The van der Waals surface area contributed by atoms with Gasteiger partial charge in [-0.15, -0.1) is 11.6 Å². The zero-order chi connectivity index (χ0) is 12.3. The molecule has 0 spiro atoms. The molecule has 1 aliphatic heterocycles. The number of aryl methyl sites for hydroxylation is 2. The molecule has 0 radical (unpaired) electrons. The van der Waals surface area contributed by atoms with Crippen LogP contribution in [0.25, 0.3) is 0 Å². The van der Waals surface area contributed by atoms with Gasteiger partial charge in [0, 0.05) is 6.61 Å². The predicted octanol–water partition coefficient (Wildman–Crippen LogP) is 4.54. The van der Waals surface area contributed by atoms with Crippen LogP contribution in [-0.4, -0.2) is 12.7 Å². The summed E-state index contributed by atoms with van der Waals surface area (Å²) in [6.07, 6.45) is 4.96. The van der Waals surface area contributed by atoms with Crippen LogP contribution < -0.4 is 0 Å². The van der Waals surface area contributed by atoms with Crippen LogP contribution >= 0.6 is 11.6 Å². The molecule has 2 atom stereocenters. The predicted molar refractivity (Wildman–Crippen MR) is 72.7 cm³/mol. The zero-order valence-electron chi connectivity index (χ0n) is 10.7. The number of hydrogen-bond acceptors (Lipinski definition) is 1. The van der Waals surface area contributed by atoms with Crippen LogP contribution in [0.3, 0.4) is 0 Å². The average molecular weight is 253 g/mol. The Morgan fingerprint density at radius 2 is 2.24 bits per heavy atom. The first kappa shape index (κ1) is 12.9. The highest BCUT2D eigenvalue weighted by Crippen LogP contribution is 2.31. The Morgan fingerprint density at radius 3 is 2.94 bits per heavy atom. The van der Waals surface area contributed by atoms with Crippen molar-refractivity contribution in [3.63, 3.8) is 0 Å². The number of ether oxygens (including phenoxy) is 1. The largest absolute Gasteiger partial charge is 0.378 e. The summed E-state index contributed by atoms with van der Waals surface area (Å²) in [6, 6.07) is 6.51. The van der Waals surface area contributed by atoms with E-state index in [4.69, 9.17) is 16.3 Å². The molecule has 0 aromatic heterocycles. The summed E-state index contributed by atoms with van der Waals surface area (Å²) >= 11 is 6.51. The van der Waals surface area contributed by atoms with E-state index < -0.39 is 0 Å². The van der Waals surface area contributed by atoms with Crippen LogP contribution in [0.2, 0.25) is 0 Å². The van der Waals surface area contributed by atoms with Gasteiger partial charge in [-0.3, -0.25) is 0 Å². The molecule has 1 aromatic carbocycles. The highest BCUT2D eigenvalue weighted by molar-refractivity contribution is 6.20. The second-order valence-corrected chi connectivity index (χ2v) is 5.57. The van der Waals surface area contributed by atoms with E-state index in [2.05, 4.69) is 32.0 Å². The van der Waals surface area contributed by atoms with Crippen molar-refractivity contribution in [2.75, 3.05) is 6.61 Å². The average Bonchev–Trinajstić information content (AvgIpc) is 2.82. The molecule has 1 saturated heterocycles. The number of alkyl halides is 1. The normalized spacial score (nSPS) is 21.7. The quantitative estimate of drug-likeness (QED) is 0.715. The van der Waals surface area contributed by atoms with Crippen LogP contribution in [-0.2, 0) is 4.74 Å². The van der Waals surface area contributed by atoms with Gasteiger partial charge in [-0.1, -0.05) is 23.8 Å². The smallest absolute Gasteiger partial charge is 0.0588 e. The topological polar surface area (TPSA) is 9.23 Å². The minimum atomic E-state index is 0.124. The third-order valence-electron chi connectivity index (χ3n) is 3.54. The lowest BCUT2D eigenvalue weighted by atomic mass is 9.98. The highest BCUT2D eigenvalue weighted by atomic mass is 35.5. The van der Waals surface area contributed by atoms with Crippen molar-refractivity contribution in [2.45, 2.75) is 51.0 Å². The lowest BCUT2D eigenvalue weighted by Gasteiger charge is -2.16. The molecule has 94 valence electrons. The maximum atomic E-state index is 6.51. The van der Waals surface area contributed by atoms with E-state index in [0.29, 0.717) is 6.10 Å². The fourth-order valence-corrected chi connectivity index (χ4v) is 2.82. The minimum absolute atomic E-state index is 0.124. The van der Waals surface area contributed by atoms with Crippen molar-refractivity contribution in [1.82, 2.24) is 0 Å². The molecule has 1 heterocycles. The van der Waals surface area contributed by atoms with Crippen LogP contribution in [0, 0.1) is 13.8 Å². The van der Waals surface area contributed by atoms with Crippen LogP contribution in [0.4, 0.5) is 0 Å². The molecule has 1 nitrogen and oxygen atoms in total. The summed E-state index contributed by atoms with van der Waals surface area (Å²) in [5.74, 6) is 0. The molecule has 0 N–H and O–H groups in total. The lowest BCUT2D eigenvalue weighted by molar-refractivity contribution is 0.102. The molecule has 2 heteroatoms. The Morgan fingerprint density at radius 1 is 1.41 bits per heavy atom. The van der Waals surface area contributed by atoms with Crippen molar-refractivity contribution < 1.29 is 4.74 Å². The fraction of sp³-hybridized carbons (Fsp3) is 0.600. The Balaban J connectivity index is 1.93. The van der Waals surface area contributed by atoms with Gasteiger partial charge < -0.3 is 4.74 Å². The summed E-state index contributed by atoms with van der Waals surface area (Å²) in [7, 11) is 0. The summed E-state index contributed by atoms with van der Waals surface area (Å²) < 4.78 is 5.63. The summed E-state index contributed by atoms with van der Waals surface area (Å²) in [4.78, 5) is 0. The molecule has 2 rings (SSSR count). The fourth-order valence-electron chi connectivity index (χ4n) is 2.46. The van der Waals surface area contributed by atoms with Crippen molar-refractivity contribution >= 4 is 11.6 Å². The van der Waals surface area contributed by atoms with E-state index in [1.54, 1.807) is 0 Å².